The first kappa shape index (κ1) is 21.2. The van der Waals surface area contributed by atoms with Crippen molar-refractivity contribution in [1.82, 2.24) is 9.55 Å². The second-order valence-electron chi connectivity index (χ2n) is 6.96. The fourth-order valence-electron chi connectivity index (χ4n) is 3.61. The van der Waals surface area contributed by atoms with Crippen molar-refractivity contribution in [2.75, 3.05) is 7.11 Å². The van der Waals surface area contributed by atoms with Gasteiger partial charge in [-0.25, -0.2) is 17.8 Å². The summed E-state index contributed by atoms with van der Waals surface area (Å²) >= 11 is 1.23. The van der Waals surface area contributed by atoms with Crippen LogP contribution in [-0.4, -0.2) is 31.0 Å². The van der Waals surface area contributed by atoms with E-state index in [4.69, 9.17) is 4.74 Å². The van der Waals surface area contributed by atoms with Crippen LogP contribution >= 0.6 is 11.3 Å². The number of nitrogens with zero attached hydrogens (tertiary/aromatic N) is 2. The van der Waals surface area contributed by atoms with E-state index >= 15 is 0 Å². The molecule has 0 N–H and O–H groups in total. The number of ether oxygens (including phenoxy) is 1. The van der Waals surface area contributed by atoms with Gasteiger partial charge in [0.05, 0.1) is 17.5 Å². The standard InChI is InChI=1S/C22H19FN2O4S2/c1-14-17(18-10-15(23)8-9-19(18)25(14)12-21(26)29-2)11-20-22(24-13-30-20)31(27,28)16-6-4-3-5-7-16/h3-10,13H,11-12H2,1-2H3. The van der Waals surface area contributed by atoms with E-state index < -0.39 is 21.6 Å². The normalized spacial score (nSPS) is 11.7. The maximum absolute atomic E-state index is 14.0. The fourth-order valence-corrected chi connectivity index (χ4v) is 6.12. The summed E-state index contributed by atoms with van der Waals surface area (Å²) in [5.74, 6) is -0.841. The zero-order chi connectivity index (χ0) is 22.2. The number of esters is 1. The lowest BCUT2D eigenvalue weighted by Gasteiger charge is -2.08. The van der Waals surface area contributed by atoms with Crippen molar-refractivity contribution in [3.8, 4) is 0 Å². The summed E-state index contributed by atoms with van der Waals surface area (Å²) in [5, 5.41) is 0.617. The molecule has 2 aromatic heterocycles. The summed E-state index contributed by atoms with van der Waals surface area (Å²) in [6, 6.07) is 12.5. The molecule has 6 nitrogen and oxygen atoms in total. The van der Waals surface area contributed by atoms with Crippen LogP contribution in [0.3, 0.4) is 0 Å². The molecule has 160 valence electrons. The maximum Gasteiger partial charge on any atom is 0.325 e. The minimum absolute atomic E-state index is 0.00614. The maximum atomic E-state index is 14.0. The number of halogens is 1. The summed E-state index contributed by atoms with van der Waals surface area (Å²) in [5.41, 5.74) is 3.65. The molecule has 4 aromatic rings. The van der Waals surface area contributed by atoms with Gasteiger partial charge < -0.3 is 9.30 Å². The van der Waals surface area contributed by atoms with Gasteiger partial charge >= 0.3 is 5.97 Å². The molecular weight excluding hydrogens is 439 g/mol. The number of rotatable bonds is 6. The van der Waals surface area contributed by atoms with Crippen molar-refractivity contribution in [2.24, 2.45) is 0 Å². The van der Waals surface area contributed by atoms with Gasteiger partial charge in [-0.1, -0.05) is 18.2 Å². The molecular formula is C22H19FN2O4S2. The predicted molar refractivity (Wildman–Crippen MR) is 115 cm³/mol. The summed E-state index contributed by atoms with van der Waals surface area (Å²) < 4.78 is 46.8. The molecule has 0 spiro atoms. The van der Waals surface area contributed by atoms with Gasteiger partial charge in [-0.3, -0.25) is 4.79 Å². The molecule has 9 heteroatoms. The number of carbonyl (C=O) groups is 1. The van der Waals surface area contributed by atoms with E-state index in [1.54, 1.807) is 28.8 Å². The second kappa shape index (κ2) is 8.24. The van der Waals surface area contributed by atoms with Crippen LogP contribution in [0.25, 0.3) is 10.9 Å². The number of benzene rings is 2. The summed E-state index contributed by atoms with van der Waals surface area (Å²) in [6.07, 6.45) is 0.242. The van der Waals surface area contributed by atoms with Gasteiger partial charge in [0.25, 0.3) is 0 Å². The predicted octanol–water partition coefficient (Wildman–Crippen LogP) is 4.14. The van der Waals surface area contributed by atoms with Crippen molar-refractivity contribution in [1.29, 1.82) is 0 Å². The molecule has 0 radical (unpaired) electrons. The Morgan fingerprint density at radius 1 is 1.19 bits per heavy atom. The van der Waals surface area contributed by atoms with Gasteiger partial charge in [-0.15, -0.1) is 11.3 Å². The first-order chi connectivity index (χ1) is 14.8. The van der Waals surface area contributed by atoms with E-state index in [9.17, 15) is 17.6 Å². The van der Waals surface area contributed by atoms with Crippen LogP contribution in [0, 0.1) is 12.7 Å². The Kier molecular flexibility index (Phi) is 5.63. The molecule has 0 unspecified atom stereocenters. The first-order valence-corrected chi connectivity index (χ1v) is 11.8. The molecule has 0 aliphatic rings. The molecule has 0 fully saturated rings. The Labute approximate surface area is 182 Å². The van der Waals surface area contributed by atoms with Crippen molar-refractivity contribution >= 4 is 38.0 Å². The monoisotopic (exact) mass is 458 g/mol. The number of hydrogen-bond acceptors (Lipinski definition) is 6. The van der Waals surface area contributed by atoms with Crippen molar-refractivity contribution < 1.29 is 22.3 Å². The number of sulfone groups is 1. The number of carbonyl (C=O) groups excluding carboxylic acids is 1. The number of aromatic nitrogens is 2. The molecule has 0 aliphatic heterocycles. The third kappa shape index (κ3) is 3.86. The highest BCUT2D eigenvalue weighted by Crippen LogP contribution is 2.33. The van der Waals surface area contributed by atoms with Gasteiger partial charge in [0.15, 0.2) is 5.03 Å². The quantitative estimate of drug-likeness (QED) is 0.406. The molecule has 0 saturated carbocycles. The zero-order valence-corrected chi connectivity index (χ0v) is 18.5. The van der Waals surface area contributed by atoms with E-state index in [1.165, 1.54) is 48.2 Å². The third-order valence-corrected chi connectivity index (χ3v) is 7.90. The fraction of sp³-hybridized carbons (Fsp3) is 0.182. The van der Waals surface area contributed by atoms with Crippen LogP contribution in [0.1, 0.15) is 16.1 Å². The second-order valence-corrected chi connectivity index (χ2v) is 9.77. The molecule has 0 amide bonds. The Morgan fingerprint density at radius 3 is 2.65 bits per heavy atom. The molecule has 2 heterocycles. The Hall–Kier alpha value is -3.04. The largest absolute Gasteiger partial charge is 0.468 e. The molecule has 0 saturated heterocycles. The molecule has 0 bridgehead atoms. The molecule has 0 atom stereocenters. The Balaban J connectivity index is 1.83. The van der Waals surface area contributed by atoms with Gasteiger partial charge in [0.2, 0.25) is 9.84 Å². The van der Waals surface area contributed by atoms with Crippen molar-refractivity contribution in [2.45, 2.75) is 29.8 Å². The summed E-state index contributed by atoms with van der Waals surface area (Å²) in [4.78, 5) is 16.8. The van der Waals surface area contributed by atoms with E-state index in [-0.39, 0.29) is 22.9 Å². The highest BCUT2D eigenvalue weighted by molar-refractivity contribution is 7.91. The topological polar surface area (TPSA) is 78.3 Å². The Morgan fingerprint density at radius 2 is 1.94 bits per heavy atom. The lowest BCUT2D eigenvalue weighted by Crippen LogP contribution is -2.12. The average Bonchev–Trinajstić information content (AvgIpc) is 3.33. The molecule has 31 heavy (non-hydrogen) atoms. The average molecular weight is 459 g/mol. The van der Waals surface area contributed by atoms with E-state index in [0.717, 1.165) is 11.3 Å². The van der Waals surface area contributed by atoms with E-state index in [1.807, 2.05) is 6.92 Å². The smallest absolute Gasteiger partial charge is 0.325 e. The van der Waals surface area contributed by atoms with E-state index in [0.29, 0.717) is 15.8 Å². The van der Waals surface area contributed by atoms with E-state index in [2.05, 4.69) is 4.98 Å². The lowest BCUT2D eigenvalue weighted by molar-refractivity contribution is -0.141. The SMILES string of the molecule is COC(=O)Cn1c(C)c(Cc2scnc2S(=O)(=O)c2ccccc2)c2cc(F)ccc21. The van der Waals surface area contributed by atoms with Crippen molar-refractivity contribution in [3.63, 3.8) is 0 Å². The van der Waals surface area contributed by atoms with Crippen LogP contribution in [0.15, 0.2) is 64.0 Å². The molecule has 2 aromatic carbocycles. The highest BCUT2D eigenvalue weighted by atomic mass is 32.2. The van der Waals surface area contributed by atoms with Crippen LogP contribution in [-0.2, 0) is 32.3 Å². The third-order valence-electron chi connectivity index (χ3n) is 5.18. The van der Waals surface area contributed by atoms with Crippen LogP contribution in [0.2, 0.25) is 0 Å². The van der Waals surface area contributed by atoms with Gasteiger partial charge in [-0.05, 0) is 42.8 Å². The van der Waals surface area contributed by atoms with Crippen LogP contribution in [0.5, 0.6) is 0 Å². The number of thiazole rings is 1. The summed E-state index contributed by atoms with van der Waals surface area (Å²) in [7, 11) is -2.49. The highest BCUT2D eigenvalue weighted by Gasteiger charge is 2.26. The zero-order valence-electron chi connectivity index (χ0n) is 16.8. The summed E-state index contributed by atoms with van der Waals surface area (Å²) in [6.45, 7) is 1.80. The van der Waals surface area contributed by atoms with Crippen LogP contribution in [0.4, 0.5) is 4.39 Å². The van der Waals surface area contributed by atoms with Gasteiger partial charge in [-0.2, -0.15) is 0 Å². The minimum Gasteiger partial charge on any atom is -0.468 e. The minimum atomic E-state index is -3.79. The Bertz CT molecular complexity index is 1380. The molecule has 0 aliphatic carbocycles. The molecule has 4 rings (SSSR count). The number of fused-ring (bicyclic) bond motifs is 1. The number of hydrogen-bond donors (Lipinski definition) is 0. The lowest BCUT2D eigenvalue weighted by atomic mass is 10.1. The van der Waals surface area contributed by atoms with Gasteiger partial charge in [0, 0.05) is 27.9 Å². The first-order valence-electron chi connectivity index (χ1n) is 9.39. The van der Waals surface area contributed by atoms with Crippen molar-refractivity contribution in [3.05, 3.63) is 76.0 Å². The van der Waals surface area contributed by atoms with Crippen LogP contribution < -0.4 is 0 Å². The number of methoxy groups -OCH3 is 1. The van der Waals surface area contributed by atoms with Gasteiger partial charge in [0.1, 0.15) is 12.4 Å².